The van der Waals surface area contributed by atoms with Crippen molar-refractivity contribution in [2.45, 2.75) is 31.6 Å². The molecule has 2 heterocycles. The number of ether oxygens (including phenoxy) is 1. The van der Waals surface area contributed by atoms with Crippen molar-refractivity contribution in [2.75, 3.05) is 12.4 Å². The molecule has 2 N–H and O–H groups in total. The van der Waals surface area contributed by atoms with E-state index in [2.05, 4.69) is 16.7 Å². The van der Waals surface area contributed by atoms with Crippen molar-refractivity contribution in [3.63, 3.8) is 0 Å². The maximum absolute atomic E-state index is 13.7. The Morgan fingerprint density at radius 1 is 1.09 bits per heavy atom. The van der Waals surface area contributed by atoms with Crippen molar-refractivity contribution in [3.8, 4) is 5.75 Å². The van der Waals surface area contributed by atoms with Crippen LogP contribution in [0.1, 0.15) is 42.0 Å². The Morgan fingerprint density at radius 2 is 1.86 bits per heavy atom. The number of nitrogens with one attached hydrogen (secondary N) is 2. The predicted octanol–water partition coefficient (Wildman–Crippen LogP) is 5.90. The van der Waals surface area contributed by atoms with E-state index in [1.165, 1.54) is 29.1 Å². The molecule has 178 valence electrons. The van der Waals surface area contributed by atoms with Crippen molar-refractivity contribution >= 4 is 28.7 Å². The first kappa shape index (κ1) is 23.1. The van der Waals surface area contributed by atoms with E-state index >= 15 is 0 Å². The second-order valence-corrected chi connectivity index (χ2v) is 9.71. The SMILES string of the molecule is COc1ccccc1[C@H]1C(C(=O)Nc2ccc(F)cc2)=C(C)NC2=C1C(=O)C[C@@H](c1cccs1)C2. The molecule has 0 bridgehead atoms. The van der Waals surface area contributed by atoms with E-state index in [1.54, 1.807) is 18.4 Å². The monoisotopic (exact) mass is 488 g/mol. The highest BCUT2D eigenvalue weighted by atomic mass is 32.1. The normalized spacial score (nSPS) is 19.8. The number of carbonyl (C=O) groups is 2. The van der Waals surface area contributed by atoms with Gasteiger partial charge in [0.2, 0.25) is 0 Å². The minimum absolute atomic E-state index is 0.0210. The van der Waals surface area contributed by atoms with Gasteiger partial charge in [0, 0.05) is 51.0 Å². The number of thiophene rings is 1. The molecule has 2 aliphatic rings. The number of rotatable bonds is 5. The van der Waals surface area contributed by atoms with E-state index in [0.29, 0.717) is 41.1 Å². The highest BCUT2D eigenvalue weighted by molar-refractivity contribution is 7.10. The van der Waals surface area contributed by atoms with Gasteiger partial charge in [-0.1, -0.05) is 24.3 Å². The Labute approximate surface area is 207 Å². The van der Waals surface area contributed by atoms with Crippen molar-refractivity contribution in [2.24, 2.45) is 0 Å². The second kappa shape index (κ2) is 9.50. The Morgan fingerprint density at radius 3 is 2.57 bits per heavy atom. The summed E-state index contributed by atoms with van der Waals surface area (Å²) >= 11 is 1.66. The highest BCUT2D eigenvalue weighted by Gasteiger charge is 2.42. The van der Waals surface area contributed by atoms with Gasteiger partial charge in [0.15, 0.2) is 5.78 Å². The number of hydrogen-bond donors (Lipinski definition) is 2. The van der Waals surface area contributed by atoms with E-state index in [1.807, 2.05) is 42.6 Å². The summed E-state index contributed by atoms with van der Waals surface area (Å²) in [6, 6.07) is 17.2. The van der Waals surface area contributed by atoms with Gasteiger partial charge < -0.3 is 15.4 Å². The van der Waals surface area contributed by atoms with E-state index < -0.39 is 5.92 Å². The standard InChI is InChI=1S/C28H25FN2O3S/c1-16-25(28(33)31-19-11-9-18(29)10-12-19)26(20-6-3-4-7-23(20)34-2)27-21(30-16)14-17(15-22(27)32)24-8-5-13-35-24/h3-13,17,26,30H,14-15H2,1-2H3,(H,31,33)/t17-,26-/m0/s1. The molecule has 0 fully saturated rings. The lowest BCUT2D eigenvalue weighted by Gasteiger charge is -2.37. The highest BCUT2D eigenvalue weighted by Crippen LogP contribution is 2.48. The maximum atomic E-state index is 13.7. The van der Waals surface area contributed by atoms with Crippen LogP contribution in [-0.2, 0) is 9.59 Å². The molecule has 0 saturated carbocycles. The van der Waals surface area contributed by atoms with Crippen molar-refractivity contribution < 1.29 is 18.7 Å². The lowest BCUT2D eigenvalue weighted by molar-refractivity contribution is -0.116. The number of para-hydroxylation sites is 1. The van der Waals surface area contributed by atoms with Crippen LogP contribution in [0.25, 0.3) is 0 Å². The number of dihydropyridines is 1. The van der Waals surface area contributed by atoms with Crippen LogP contribution >= 0.6 is 11.3 Å². The molecule has 2 atom stereocenters. The molecular weight excluding hydrogens is 463 g/mol. The fourth-order valence-corrected chi connectivity index (χ4v) is 5.84. The molecule has 1 amide bonds. The third-order valence-electron chi connectivity index (χ3n) is 6.57. The number of benzene rings is 2. The van der Waals surface area contributed by atoms with Gasteiger partial charge in [-0.2, -0.15) is 0 Å². The van der Waals surface area contributed by atoms with E-state index in [-0.39, 0.29) is 23.4 Å². The first-order valence-electron chi connectivity index (χ1n) is 11.4. The summed E-state index contributed by atoms with van der Waals surface area (Å²) in [5.41, 5.74) is 3.82. The summed E-state index contributed by atoms with van der Waals surface area (Å²) in [4.78, 5) is 28.4. The molecule has 5 rings (SSSR count). The van der Waals surface area contributed by atoms with Gasteiger partial charge >= 0.3 is 0 Å². The maximum Gasteiger partial charge on any atom is 0.254 e. The number of carbonyl (C=O) groups excluding carboxylic acids is 2. The quantitative estimate of drug-likeness (QED) is 0.470. The molecule has 1 aliphatic heterocycles. The molecule has 7 heteroatoms. The average molecular weight is 489 g/mol. The molecular formula is C28H25FN2O3S. The summed E-state index contributed by atoms with van der Waals surface area (Å²) in [6.07, 6.45) is 1.08. The molecule has 2 aromatic carbocycles. The van der Waals surface area contributed by atoms with Gasteiger partial charge in [-0.3, -0.25) is 9.59 Å². The summed E-state index contributed by atoms with van der Waals surface area (Å²) < 4.78 is 19.0. The number of hydrogen-bond acceptors (Lipinski definition) is 5. The van der Waals surface area contributed by atoms with Crippen LogP contribution in [0.2, 0.25) is 0 Å². The largest absolute Gasteiger partial charge is 0.496 e. The number of ketones is 1. The number of allylic oxidation sites excluding steroid dienone is 3. The van der Waals surface area contributed by atoms with Gasteiger partial charge in [-0.15, -0.1) is 11.3 Å². The Hall–Kier alpha value is -3.71. The number of methoxy groups -OCH3 is 1. The number of Topliss-reactive ketones (excluding diaryl/α,β-unsaturated/α-hetero) is 1. The number of amides is 1. The van der Waals surface area contributed by atoms with Crippen LogP contribution in [0, 0.1) is 5.82 Å². The molecule has 3 aromatic rings. The fourth-order valence-electron chi connectivity index (χ4n) is 5.01. The summed E-state index contributed by atoms with van der Waals surface area (Å²) in [7, 11) is 1.58. The van der Waals surface area contributed by atoms with Crippen LogP contribution in [0.5, 0.6) is 5.75 Å². The van der Waals surface area contributed by atoms with Crippen LogP contribution in [0.4, 0.5) is 10.1 Å². The predicted molar refractivity (Wildman–Crippen MR) is 135 cm³/mol. The van der Waals surface area contributed by atoms with Gasteiger partial charge in [-0.05, 0) is 55.1 Å². The zero-order valence-electron chi connectivity index (χ0n) is 19.4. The molecule has 1 aromatic heterocycles. The van der Waals surface area contributed by atoms with E-state index in [4.69, 9.17) is 4.74 Å². The number of halogens is 1. The molecule has 0 spiro atoms. The van der Waals surface area contributed by atoms with E-state index in [9.17, 15) is 14.0 Å². The van der Waals surface area contributed by atoms with Gasteiger partial charge in [-0.25, -0.2) is 4.39 Å². The molecule has 0 saturated heterocycles. The molecule has 0 unspecified atom stereocenters. The van der Waals surface area contributed by atoms with Gasteiger partial charge in [0.25, 0.3) is 5.91 Å². The van der Waals surface area contributed by atoms with Crippen LogP contribution in [0.3, 0.4) is 0 Å². The smallest absolute Gasteiger partial charge is 0.254 e. The molecule has 1 aliphatic carbocycles. The first-order chi connectivity index (χ1) is 17.0. The fraction of sp³-hybridized carbons (Fsp3) is 0.214. The van der Waals surface area contributed by atoms with Crippen LogP contribution in [-0.4, -0.2) is 18.8 Å². The summed E-state index contributed by atoms with van der Waals surface area (Å²) in [6.45, 7) is 1.85. The topological polar surface area (TPSA) is 67.4 Å². The summed E-state index contributed by atoms with van der Waals surface area (Å²) in [5, 5.41) is 8.28. The van der Waals surface area contributed by atoms with Crippen molar-refractivity contribution in [3.05, 3.63) is 105 Å². The molecule has 35 heavy (non-hydrogen) atoms. The Balaban J connectivity index is 1.59. The zero-order chi connectivity index (χ0) is 24.5. The summed E-state index contributed by atoms with van der Waals surface area (Å²) in [5.74, 6) is -0.578. The van der Waals surface area contributed by atoms with E-state index in [0.717, 1.165) is 11.3 Å². The number of anilines is 1. The Bertz CT molecular complexity index is 1340. The molecule has 5 nitrogen and oxygen atoms in total. The van der Waals surface area contributed by atoms with Crippen LogP contribution < -0.4 is 15.4 Å². The third-order valence-corrected chi connectivity index (χ3v) is 7.60. The van der Waals surface area contributed by atoms with Gasteiger partial charge in [0.05, 0.1) is 13.0 Å². The van der Waals surface area contributed by atoms with Crippen LogP contribution in [0.15, 0.2) is 88.6 Å². The first-order valence-corrected chi connectivity index (χ1v) is 12.3. The lowest BCUT2D eigenvalue weighted by Crippen LogP contribution is -2.37. The average Bonchev–Trinajstić information content (AvgIpc) is 3.39. The lowest BCUT2D eigenvalue weighted by atomic mass is 9.72. The second-order valence-electron chi connectivity index (χ2n) is 8.74. The van der Waals surface area contributed by atoms with Crippen molar-refractivity contribution in [1.82, 2.24) is 5.32 Å². The van der Waals surface area contributed by atoms with Crippen molar-refractivity contribution in [1.29, 1.82) is 0 Å². The van der Waals surface area contributed by atoms with Gasteiger partial charge in [0.1, 0.15) is 11.6 Å². The third kappa shape index (κ3) is 4.39. The molecule has 0 radical (unpaired) electrons. The minimum atomic E-state index is -0.584. The zero-order valence-corrected chi connectivity index (χ0v) is 20.2. The Kier molecular flexibility index (Phi) is 6.26. The minimum Gasteiger partial charge on any atom is -0.496 e.